The van der Waals surface area contributed by atoms with Gasteiger partial charge in [0.1, 0.15) is 16.9 Å². The predicted octanol–water partition coefficient (Wildman–Crippen LogP) is 12.9. The van der Waals surface area contributed by atoms with E-state index in [1.807, 2.05) is 66.9 Å². The van der Waals surface area contributed by atoms with Gasteiger partial charge in [0.15, 0.2) is 5.82 Å². The average molecular weight is 755 g/mol. The largest absolute Gasteiger partial charge is 0.290 e. The molecule has 0 unspecified atom stereocenters. The molecule has 0 fully saturated rings. The van der Waals surface area contributed by atoms with Crippen LogP contribution < -0.4 is 0 Å². The Hall–Kier alpha value is -8.09. The van der Waals surface area contributed by atoms with Gasteiger partial charge in [0.05, 0.1) is 28.1 Å². The summed E-state index contributed by atoms with van der Waals surface area (Å²) >= 11 is 0. The number of aromatic nitrogens is 6. The van der Waals surface area contributed by atoms with Crippen molar-refractivity contribution >= 4 is 32.8 Å². The highest BCUT2D eigenvalue weighted by Gasteiger charge is 2.22. The van der Waals surface area contributed by atoms with Crippen molar-refractivity contribution in [2.24, 2.45) is 0 Å². The molecule has 0 amide bonds. The summed E-state index contributed by atoms with van der Waals surface area (Å²) in [7, 11) is 0. The van der Waals surface area contributed by atoms with Gasteiger partial charge in [-0.15, -0.1) is 0 Å². The fourth-order valence-electron chi connectivity index (χ4n) is 8.00. The molecule has 0 aliphatic rings. The number of rotatable bonds is 7. The van der Waals surface area contributed by atoms with E-state index in [-0.39, 0.29) is 0 Å². The van der Waals surface area contributed by atoms with Gasteiger partial charge in [0.2, 0.25) is 0 Å². The zero-order chi connectivity index (χ0) is 39.1. The van der Waals surface area contributed by atoms with E-state index in [4.69, 9.17) is 19.9 Å². The highest BCUT2D eigenvalue weighted by Crippen LogP contribution is 2.39. The zero-order valence-electron chi connectivity index (χ0n) is 31.8. The van der Waals surface area contributed by atoms with Crippen LogP contribution in [0.4, 0.5) is 0 Å². The first kappa shape index (κ1) is 34.2. The average Bonchev–Trinajstić information content (AvgIpc) is 3.73. The molecule has 0 N–H and O–H groups in total. The third-order valence-electron chi connectivity index (χ3n) is 10.9. The third-order valence-corrected chi connectivity index (χ3v) is 10.9. The number of hydrogen-bond acceptors (Lipinski definition) is 5. The van der Waals surface area contributed by atoms with Gasteiger partial charge >= 0.3 is 0 Å². The molecular formula is C53H34N6. The van der Waals surface area contributed by atoms with Gasteiger partial charge in [-0.3, -0.25) is 9.55 Å². The molecule has 4 aromatic heterocycles. The van der Waals surface area contributed by atoms with Crippen molar-refractivity contribution in [3.63, 3.8) is 0 Å². The van der Waals surface area contributed by atoms with Crippen LogP contribution in [0.25, 0.3) is 106 Å². The van der Waals surface area contributed by atoms with E-state index in [1.54, 1.807) is 0 Å². The lowest BCUT2D eigenvalue weighted by molar-refractivity contribution is 1.10. The minimum atomic E-state index is 0.680. The molecule has 0 aliphatic carbocycles. The molecule has 0 atom stereocenters. The molecule has 6 nitrogen and oxygen atoms in total. The first-order chi connectivity index (χ1) is 29.2. The normalized spacial score (nSPS) is 11.4. The quantitative estimate of drug-likeness (QED) is 0.162. The van der Waals surface area contributed by atoms with Crippen molar-refractivity contribution in [1.29, 1.82) is 0 Å². The number of hydrogen-bond donors (Lipinski definition) is 0. The second-order valence-electron chi connectivity index (χ2n) is 14.5. The number of para-hydroxylation sites is 3. The van der Waals surface area contributed by atoms with Crippen molar-refractivity contribution in [3.8, 4) is 73.4 Å². The monoisotopic (exact) mass is 754 g/mol. The van der Waals surface area contributed by atoms with Gasteiger partial charge < -0.3 is 0 Å². The van der Waals surface area contributed by atoms with E-state index in [9.17, 15) is 0 Å². The summed E-state index contributed by atoms with van der Waals surface area (Å²) < 4.78 is 2.26. The Balaban J connectivity index is 0.993. The van der Waals surface area contributed by atoms with Crippen LogP contribution in [0.15, 0.2) is 206 Å². The fraction of sp³-hybridized carbons (Fsp3) is 0. The Morgan fingerprint density at radius 1 is 0.373 bits per heavy atom. The Morgan fingerprint density at radius 2 is 0.932 bits per heavy atom. The molecule has 7 aromatic carbocycles. The summed E-state index contributed by atoms with van der Waals surface area (Å²) in [5, 5.41) is 2.08. The number of pyridine rings is 2. The summed E-state index contributed by atoms with van der Waals surface area (Å²) in [6.45, 7) is 0. The van der Waals surface area contributed by atoms with E-state index in [0.29, 0.717) is 5.82 Å². The highest BCUT2D eigenvalue weighted by atomic mass is 15.1. The van der Waals surface area contributed by atoms with Gasteiger partial charge in [-0.2, -0.15) is 0 Å². The first-order valence-electron chi connectivity index (χ1n) is 19.7. The summed E-state index contributed by atoms with van der Waals surface area (Å²) in [5.74, 6) is 1.54. The lowest BCUT2D eigenvalue weighted by atomic mass is 10.00. The van der Waals surface area contributed by atoms with Crippen LogP contribution in [-0.4, -0.2) is 29.5 Å². The summed E-state index contributed by atoms with van der Waals surface area (Å²) in [6.07, 6.45) is 1.85. The van der Waals surface area contributed by atoms with Crippen molar-refractivity contribution in [3.05, 3.63) is 206 Å². The van der Waals surface area contributed by atoms with E-state index >= 15 is 0 Å². The molecule has 0 aliphatic heterocycles. The van der Waals surface area contributed by atoms with Crippen LogP contribution in [0.1, 0.15) is 0 Å². The van der Waals surface area contributed by atoms with Crippen molar-refractivity contribution in [2.45, 2.75) is 0 Å². The maximum atomic E-state index is 5.40. The minimum Gasteiger partial charge on any atom is -0.290 e. The van der Waals surface area contributed by atoms with Crippen LogP contribution in [0, 0.1) is 0 Å². The van der Waals surface area contributed by atoms with Crippen LogP contribution >= 0.6 is 0 Å². The standard InChI is InChI=1S/C53H34N6/c1-4-14-38(15-5-1)49-51-50(44-21-11-13-23-46(44)55-49)58-53(59(51)41-18-8-3-9-19-41)40-30-26-36(27-31-40)35-24-28-37(29-25-35)47-34-48(57-52(56-47)39-16-6-2-7-17-39)43-32-33-54-45-22-12-10-20-42(43)45/h1-34H. The van der Waals surface area contributed by atoms with Crippen LogP contribution in [-0.2, 0) is 0 Å². The predicted molar refractivity (Wildman–Crippen MR) is 240 cm³/mol. The van der Waals surface area contributed by atoms with Gasteiger partial charge in [-0.25, -0.2) is 19.9 Å². The van der Waals surface area contributed by atoms with E-state index < -0.39 is 0 Å². The van der Waals surface area contributed by atoms with Gasteiger partial charge in [0.25, 0.3) is 0 Å². The molecule has 59 heavy (non-hydrogen) atoms. The number of fused-ring (bicyclic) bond motifs is 4. The maximum Gasteiger partial charge on any atom is 0.160 e. The van der Waals surface area contributed by atoms with Crippen LogP contribution in [0.5, 0.6) is 0 Å². The first-order valence-corrected chi connectivity index (χ1v) is 19.7. The second kappa shape index (κ2) is 14.4. The highest BCUT2D eigenvalue weighted by molar-refractivity contribution is 6.09. The minimum absolute atomic E-state index is 0.680. The number of benzene rings is 7. The molecule has 0 saturated heterocycles. The Kier molecular flexibility index (Phi) is 8.37. The van der Waals surface area contributed by atoms with E-state index in [2.05, 4.69) is 149 Å². The van der Waals surface area contributed by atoms with Gasteiger partial charge in [0, 0.05) is 50.5 Å². The van der Waals surface area contributed by atoms with Crippen LogP contribution in [0.3, 0.4) is 0 Å². The fourth-order valence-corrected chi connectivity index (χ4v) is 8.00. The molecule has 6 heteroatoms. The Labute approximate surface area is 340 Å². The summed E-state index contributed by atoms with van der Waals surface area (Å²) in [5.41, 5.74) is 14.7. The second-order valence-corrected chi connectivity index (χ2v) is 14.5. The lowest BCUT2D eigenvalue weighted by Crippen LogP contribution is -2.00. The number of imidazole rings is 1. The van der Waals surface area contributed by atoms with Crippen molar-refractivity contribution < 1.29 is 0 Å². The molecule has 4 heterocycles. The molecule has 276 valence electrons. The van der Waals surface area contributed by atoms with E-state index in [0.717, 1.165) is 100 Å². The Morgan fingerprint density at radius 3 is 1.64 bits per heavy atom. The summed E-state index contributed by atoms with van der Waals surface area (Å²) in [4.78, 5) is 25.4. The van der Waals surface area contributed by atoms with E-state index in [1.165, 1.54) is 0 Å². The molecule has 0 radical (unpaired) electrons. The molecular weight excluding hydrogens is 721 g/mol. The molecule has 0 spiro atoms. The van der Waals surface area contributed by atoms with Gasteiger partial charge in [-0.1, -0.05) is 164 Å². The molecule has 0 bridgehead atoms. The molecule has 11 aromatic rings. The van der Waals surface area contributed by atoms with Crippen molar-refractivity contribution in [2.75, 3.05) is 0 Å². The smallest absolute Gasteiger partial charge is 0.160 e. The maximum absolute atomic E-state index is 5.40. The number of nitrogens with zero attached hydrogens (tertiary/aromatic N) is 6. The van der Waals surface area contributed by atoms with Crippen molar-refractivity contribution in [1.82, 2.24) is 29.5 Å². The Bertz CT molecular complexity index is 3280. The third kappa shape index (κ3) is 6.20. The SMILES string of the molecule is c1ccc(-c2nc(-c3ccc(-c4ccc(-c5nc6c7ccccc7nc(-c7ccccc7)c6n5-c5ccccc5)cc4)cc3)cc(-c3ccnc4ccccc34)n2)cc1. The lowest BCUT2D eigenvalue weighted by Gasteiger charge is -2.13. The van der Waals surface area contributed by atoms with Crippen LogP contribution in [0.2, 0.25) is 0 Å². The summed E-state index contributed by atoms with van der Waals surface area (Å²) in [6, 6.07) is 68.9. The molecule has 11 rings (SSSR count). The van der Waals surface area contributed by atoms with Gasteiger partial charge in [-0.05, 0) is 47.5 Å². The molecule has 0 saturated carbocycles. The topological polar surface area (TPSA) is 69.4 Å². The zero-order valence-corrected chi connectivity index (χ0v) is 31.8.